The summed E-state index contributed by atoms with van der Waals surface area (Å²) in [6.07, 6.45) is 10.5. The predicted octanol–water partition coefficient (Wildman–Crippen LogP) is 3.87. The predicted molar refractivity (Wildman–Crippen MR) is 101 cm³/mol. The lowest BCUT2D eigenvalue weighted by atomic mass is 10.0. The van der Waals surface area contributed by atoms with Crippen LogP contribution in [0.15, 0.2) is 53.6 Å². The fraction of sp³-hybridized carbons (Fsp3) is 0.350. The van der Waals surface area contributed by atoms with E-state index in [2.05, 4.69) is 9.97 Å². The van der Waals surface area contributed by atoms with E-state index in [0.717, 1.165) is 37.1 Å². The summed E-state index contributed by atoms with van der Waals surface area (Å²) in [4.78, 5) is 23.1. The van der Waals surface area contributed by atoms with E-state index in [1.807, 2.05) is 29.2 Å². The minimum atomic E-state index is -0.103. The van der Waals surface area contributed by atoms with Crippen LogP contribution in [0.25, 0.3) is 0 Å². The van der Waals surface area contributed by atoms with Crippen LogP contribution in [0, 0.1) is 0 Å². The largest absolute Gasteiger partial charge is 0.443 e. The number of aromatic nitrogens is 3. The highest BCUT2D eigenvalue weighted by Gasteiger charge is 2.31. The van der Waals surface area contributed by atoms with Crippen LogP contribution in [-0.4, -0.2) is 31.9 Å². The molecule has 6 nitrogen and oxygen atoms in total. The van der Waals surface area contributed by atoms with E-state index in [4.69, 9.17) is 16.0 Å². The molecule has 27 heavy (non-hydrogen) atoms. The van der Waals surface area contributed by atoms with Crippen molar-refractivity contribution in [3.63, 3.8) is 0 Å². The van der Waals surface area contributed by atoms with Gasteiger partial charge in [-0.2, -0.15) is 0 Å². The van der Waals surface area contributed by atoms with Crippen molar-refractivity contribution in [2.75, 3.05) is 6.54 Å². The number of nitrogens with zero attached hydrogens (tertiary/aromatic N) is 4. The Balaban J connectivity index is 1.47. The molecule has 0 unspecified atom stereocenters. The van der Waals surface area contributed by atoms with Crippen LogP contribution < -0.4 is 0 Å². The Labute approximate surface area is 162 Å². The highest BCUT2D eigenvalue weighted by atomic mass is 35.5. The van der Waals surface area contributed by atoms with Gasteiger partial charge in [0, 0.05) is 30.4 Å². The SMILES string of the molecule is O=C(Cn1ccnc1)N1CCCC[C@H]1c1ncc(Cc2ccc(Cl)cc2)o1. The molecule has 0 bridgehead atoms. The topological polar surface area (TPSA) is 64.2 Å². The van der Waals surface area contributed by atoms with Crippen LogP contribution in [0.2, 0.25) is 5.02 Å². The van der Waals surface area contributed by atoms with Crippen molar-refractivity contribution in [1.29, 1.82) is 0 Å². The Hall–Kier alpha value is -2.60. The summed E-state index contributed by atoms with van der Waals surface area (Å²) in [5.74, 6) is 1.48. The zero-order chi connectivity index (χ0) is 18.6. The molecule has 1 aromatic carbocycles. The third-order valence-electron chi connectivity index (χ3n) is 4.85. The van der Waals surface area contributed by atoms with Gasteiger partial charge in [0.2, 0.25) is 11.8 Å². The van der Waals surface area contributed by atoms with Gasteiger partial charge < -0.3 is 13.9 Å². The highest BCUT2D eigenvalue weighted by Crippen LogP contribution is 2.31. The van der Waals surface area contributed by atoms with Gasteiger partial charge in [-0.25, -0.2) is 9.97 Å². The first-order chi connectivity index (χ1) is 13.2. The molecule has 4 rings (SSSR count). The smallest absolute Gasteiger partial charge is 0.243 e. The van der Waals surface area contributed by atoms with Crippen molar-refractivity contribution < 1.29 is 9.21 Å². The van der Waals surface area contributed by atoms with Gasteiger partial charge >= 0.3 is 0 Å². The van der Waals surface area contributed by atoms with E-state index in [1.165, 1.54) is 0 Å². The number of rotatable bonds is 5. The lowest BCUT2D eigenvalue weighted by Gasteiger charge is -2.33. The Morgan fingerprint density at radius 3 is 2.89 bits per heavy atom. The second-order valence-corrected chi connectivity index (χ2v) is 7.24. The van der Waals surface area contributed by atoms with Crippen LogP contribution in [0.1, 0.15) is 42.5 Å². The molecule has 1 amide bonds. The van der Waals surface area contributed by atoms with Crippen molar-refractivity contribution in [3.05, 3.63) is 71.4 Å². The molecule has 0 spiro atoms. The zero-order valence-corrected chi connectivity index (χ0v) is 15.7. The lowest BCUT2D eigenvalue weighted by Crippen LogP contribution is -2.40. The normalized spacial score (nSPS) is 17.2. The number of likely N-dealkylation sites (tertiary alicyclic amines) is 1. The molecule has 3 heterocycles. The van der Waals surface area contributed by atoms with Gasteiger partial charge in [-0.15, -0.1) is 0 Å². The van der Waals surface area contributed by atoms with Gasteiger partial charge in [0.15, 0.2) is 0 Å². The average Bonchev–Trinajstić information content (AvgIpc) is 3.36. The number of amides is 1. The number of oxazole rings is 1. The summed E-state index contributed by atoms with van der Waals surface area (Å²) in [5.41, 5.74) is 1.11. The van der Waals surface area contributed by atoms with Gasteiger partial charge in [-0.05, 0) is 37.0 Å². The molecule has 7 heteroatoms. The summed E-state index contributed by atoms with van der Waals surface area (Å²) >= 11 is 5.94. The van der Waals surface area contributed by atoms with E-state index < -0.39 is 0 Å². The first-order valence-corrected chi connectivity index (χ1v) is 9.51. The zero-order valence-electron chi connectivity index (χ0n) is 14.9. The molecule has 140 valence electrons. The average molecular weight is 385 g/mol. The Kier molecular flexibility index (Phi) is 5.25. The van der Waals surface area contributed by atoms with Gasteiger partial charge in [0.1, 0.15) is 18.3 Å². The molecule has 0 aliphatic carbocycles. The first-order valence-electron chi connectivity index (χ1n) is 9.13. The molecule has 2 aromatic heterocycles. The minimum absolute atomic E-state index is 0.0650. The van der Waals surface area contributed by atoms with Crippen molar-refractivity contribution in [1.82, 2.24) is 19.4 Å². The lowest BCUT2D eigenvalue weighted by molar-refractivity contribution is -0.136. The molecular weight excluding hydrogens is 364 g/mol. The number of halogens is 1. The molecule has 0 N–H and O–H groups in total. The van der Waals surface area contributed by atoms with E-state index in [-0.39, 0.29) is 18.5 Å². The van der Waals surface area contributed by atoms with Gasteiger partial charge in [0.05, 0.1) is 12.5 Å². The number of imidazole rings is 1. The fourth-order valence-electron chi connectivity index (χ4n) is 3.48. The monoisotopic (exact) mass is 384 g/mol. The standard InChI is InChI=1S/C20H21ClN4O2/c21-16-6-4-15(5-7-16)11-17-12-23-20(27-17)18-3-1-2-9-25(18)19(26)13-24-10-8-22-14-24/h4-8,10,12,14,18H,1-3,9,11,13H2/t18-/m0/s1. The number of piperidine rings is 1. The molecule has 1 saturated heterocycles. The molecule has 0 radical (unpaired) electrons. The Morgan fingerprint density at radius 1 is 1.26 bits per heavy atom. The summed E-state index contributed by atoms with van der Waals surface area (Å²) in [6.45, 7) is 1.02. The van der Waals surface area contributed by atoms with E-state index >= 15 is 0 Å². The minimum Gasteiger partial charge on any atom is -0.443 e. The Bertz CT molecular complexity index is 889. The molecular formula is C20H21ClN4O2. The Morgan fingerprint density at radius 2 is 2.11 bits per heavy atom. The highest BCUT2D eigenvalue weighted by molar-refractivity contribution is 6.30. The van der Waals surface area contributed by atoms with E-state index in [0.29, 0.717) is 17.3 Å². The van der Waals surface area contributed by atoms with Gasteiger partial charge in [-0.3, -0.25) is 4.79 Å². The first kappa shape index (κ1) is 17.8. The number of hydrogen-bond donors (Lipinski definition) is 0. The van der Waals surface area contributed by atoms with Crippen molar-refractivity contribution in [2.45, 2.75) is 38.3 Å². The molecule has 0 saturated carbocycles. The summed E-state index contributed by atoms with van der Waals surface area (Å²) in [6, 6.07) is 7.59. The molecule has 3 aromatic rings. The molecule has 1 fully saturated rings. The summed E-state index contributed by atoms with van der Waals surface area (Å²) < 4.78 is 7.80. The molecule has 1 aliphatic heterocycles. The third-order valence-corrected chi connectivity index (χ3v) is 5.10. The maximum absolute atomic E-state index is 12.8. The maximum atomic E-state index is 12.8. The second kappa shape index (κ2) is 7.96. The quantitative estimate of drug-likeness (QED) is 0.669. The van der Waals surface area contributed by atoms with Crippen molar-refractivity contribution >= 4 is 17.5 Å². The van der Waals surface area contributed by atoms with Crippen LogP contribution in [-0.2, 0) is 17.8 Å². The van der Waals surface area contributed by atoms with Crippen LogP contribution in [0.5, 0.6) is 0 Å². The van der Waals surface area contributed by atoms with Crippen molar-refractivity contribution in [2.24, 2.45) is 0 Å². The third kappa shape index (κ3) is 4.22. The molecule has 1 atom stereocenters. The van der Waals surface area contributed by atoms with E-state index in [1.54, 1.807) is 29.5 Å². The number of hydrogen-bond acceptors (Lipinski definition) is 4. The number of carbonyl (C=O) groups excluding carboxylic acids is 1. The van der Waals surface area contributed by atoms with Gasteiger partial charge in [0.25, 0.3) is 0 Å². The fourth-order valence-corrected chi connectivity index (χ4v) is 3.60. The second-order valence-electron chi connectivity index (χ2n) is 6.80. The summed E-state index contributed by atoms with van der Waals surface area (Å²) in [5, 5.41) is 0.714. The summed E-state index contributed by atoms with van der Waals surface area (Å²) in [7, 11) is 0. The van der Waals surface area contributed by atoms with Crippen molar-refractivity contribution in [3.8, 4) is 0 Å². The van der Waals surface area contributed by atoms with Crippen LogP contribution in [0.3, 0.4) is 0 Å². The van der Waals surface area contributed by atoms with Crippen LogP contribution >= 0.6 is 11.6 Å². The molecule has 1 aliphatic rings. The number of benzene rings is 1. The maximum Gasteiger partial charge on any atom is 0.243 e. The van der Waals surface area contributed by atoms with Crippen LogP contribution in [0.4, 0.5) is 0 Å². The van der Waals surface area contributed by atoms with Gasteiger partial charge in [-0.1, -0.05) is 23.7 Å². The number of carbonyl (C=O) groups is 1. The van der Waals surface area contributed by atoms with E-state index in [9.17, 15) is 4.79 Å².